The van der Waals surface area contributed by atoms with E-state index >= 15 is 0 Å². The summed E-state index contributed by atoms with van der Waals surface area (Å²) in [7, 11) is 0. The Bertz CT molecular complexity index is 1150. The molecule has 1 aliphatic heterocycles. The molecule has 0 saturated carbocycles. The number of aromatic nitrogens is 2. The lowest BCUT2D eigenvalue weighted by Gasteiger charge is -2.13. The largest absolute Gasteiger partial charge is 0.348 e. The van der Waals surface area contributed by atoms with Crippen LogP contribution in [-0.4, -0.2) is 27.9 Å². The first-order chi connectivity index (χ1) is 14.3. The van der Waals surface area contributed by atoms with Crippen molar-refractivity contribution in [2.24, 2.45) is 0 Å². The lowest BCUT2D eigenvalue weighted by Crippen LogP contribution is -2.34. The van der Waals surface area contributed by atoms with Gasteiger partial charge in [-0.3, -0.25) is 4.79 Å². The maximum absolute atomic E-state index is 14.9. The van der Waals surface area contributed by atoms with Crippen molar-refractivity contribution in [2.45, 2.75) is 33.4 Å². The molecule has 7 nitrogen and oxygen atoms in total. The molecule has 30 heavy (non-hydrogen) atoms. The number of carbonyl (C=O) groups is 2. The predicted octanol–water partition coefficient (Wildman–Crippen LogP) is 3.96. The summed E-state index contributed by atoms with van der Waals surface area (Å²) in [6.45, 7) is 5.88. The lowest BCUT2D eigenvalue weighted by molar-refractivity contribution is 0.0966. The maximum atomic E-state index is 14.9. The van der Waals surface area contributed by atoms with Crippen molar-refractivity contribution in [1.29, 1.82) is 0 Å². The zero-order chi connectivity index (χ0) is 21.4. The standard InChI is InChI=1S/C22H22FN5O2/c1-11(2)26-22(30)28-13-4-5-15(18(23)8-13)14-6-7-16(20-24-9-12(3)27-20)19-17(14)10-25-21(19)29/h4-9,11H,10H2,1-3H3,(H,24,27)(H,25,29)(H2,26,28,30). The van der Waals surface area contributed by atoms with Crippen molar-refractivity contribution in [1.82, 2.24) is 20.6 Å². The van der Waals surface area contributed by atoms with Gasteiger partial charge in [-0.05, 0) is 56.2 Å². The third-order valence-corrected chi connectivity index (χ3v) is 4.86. The van der Waals surface area contributed by atoms with Crippen molar-refractivity contribution in [3.05, 3.63) is 59.2 Å². The zero-order valence-electron chi connectivity index (χ0n) is 16.9. The fraction of sp³-hybridized carbons (Fsp3) is 0.227. The van der Waals surface area contributed by atoms with E-state index in [1.54, 1.807) is 30.5 Å². The van der Waals surface area contributed by atoms with Crippen LogP contribution in [-0.2, 0) is 6.54 Å². The number of anilines is 1. The summed E-state index contributed by atoms with van der Waals surface area (Å²) in [5.74, 6) is -0.0935. The van der Waals surface area contributed by atoms with Gasteiger partial charge in [0.1, 0.15) is 11.6 Å². The molecule has 2 heterocycles. The van der Waals surface area contributed by atoms with E-state index in [-0.39, 0.29) is 11.9 Å². The molecular formula is C22H22FN5O2. The monoisotopic (exact) mass is 407 g/mol. The second-order valence-electron chi connectivity index (χ2n) is 7.56. The van der Waals surface area contributed by atoms with Crippen molar-refractivity contribution in [3.8, 4) is 22.5 Å². The topological polar surface area (TPSA) is 98.9 Å². The van der Waals surface area contributed by atoms with Crippen molar-refractivity contribution in [3.63, 3.8) is 0 Å². The van der Waals surface area contributed by atoms with E-state index in [1.807, 2.05) is 20.8 Å². The number of urea groups is 1. The minimum Gasteiger partial charge on any atom is -0.348 e. The SMILES string of the molecule is Cc1cnc(-c2ccc(-c3ccc(NC(=O)NC(C)C)cc3F)c3c2C(=O)NC3)[nH]1. The third kappa shape index (κ3) is 3.63. The minimum atomic E-state index is -0.486. The summed E-state index contributed by atoms with van der Waals surface area (Å²) in [5.41, 5.74) is 4.13. The summed E-state index contributed by atoms with van der Waals surface area (Å²) in [6.07, 6.45) is 1.70. The highest BCUT2D eigenvalue weighted by molar-refractivity contribution is 6.06. The number of H-pyrrole nitrogens is 1. The van der Waals surface area contributed by atoms with Crippen LogP contribution in [0.15, 0.2) is 36.5 Å². The van der Waals surface area contributed by atoms with E-state index in [1.165, 1.54) is 6.07 Å². The minimum absolute atomic E-state index is 0.0294. The molecule has 0 spiro atoms. The molecule has 0 saturated heterocycles. The van der Waals surface area contributed by atoms with Gasteiger partial charge in [0.25, 0.3) is 5.91 Å². The molecule has 0 bridgehead atoms. The smallest absolute Gasteiger partial charge is 0.319 e. The van der Waals surface area contributed by atoms with E-state index < -0.39 is 11.8 Å². The molecule has 3 aromatic rings. The van der Waals surface area contributed by atoms with Gasteiger partial charge in [-0.2, -0.15) is 0 Å². The number of amides is 3. The van der Waals surface area contributed by atoms with Gasteiger partial charge >= 0.3 is 6.03 Å². The van der Waals surface area contributed by atoms with Crippen LogP contribution in [0.25, 0.3) is 22.5 Å². The Kier molecular flexibility index (Phi) is 4.99. The number of aromatic amines is 1. The molecule has 0 atom stereocenters. The highest BCUT2D eigenvalue weighted by Gasteiger charge is 2.28. The van der Waals surface area contributed by atoms with Crippen LogP contribution in [0.3, 0.4) is 0 Å². The normalized spacial score (nSPS) is 12.6. The first kappa shape index (κ1) is 19.6. The van der Waals surface area contributed by atoms with Crippen LogP contribution in [0.5, 0.6) is 0 Å². The van der Waals surface area contributed by atoms with Crippen LogP contribution in [0.1, 0.15) is 35.5 Å². The number of nitrogens with one attached hydrogen (secondary N) is 4. The Morgan fingerprint density at radius 2 is 1.90 bits per heavy atom. The number of benzene rings is 2. The van der Waals surface area contributed by atoms with Crippen molar-refractivity contribution < 1.29 is 14.0 Å². The van der Waals surface area contributed by atoms with Gasteiger partial charge in [-0.25, -0.2) is 14.2 Å². The summed E-state index contributed by atoms with van der Waals surface area (Å²) in [6, 6.07) is 7.66. The summed E-state index contributed by atoms with van der Waals surface area (Å²) in [4.78, 5) is 31.8. The van der Waals surface area contributed by atoms with Gasteiger partial charge in [0.2, 0.25) is 0 Å². The molecule has 0 fully saturated rings. The van der Waals surface area contributed by atoms with E-state index in [0.717, 1.165) is 11.3 Å². The number of halogens is 1. The molecule has 154 valence electrons. The van der Waals surface area contributed by atoms with Crippen molar-refractivity contribution >= 4 is 17.6 Å². The van der Waals surface area contributed by atoms with Gasteiger partial charge in [0.15, 0.2) is 0 Å². The van der Waals surface area contributed by atoms with Gasteiger partial charge < -0.3 is 20.9 Å². The van der Waals surface area contributed by atoms with Crippen LogP contribution >= 0.6 is 0 Å². The average molecular weight is 407 g/mol. The highest BCUT2D eigenvalue weighted by atomic mass is 19.1. The molecular weight excluding hydrogens is 385 g/mol. The number of hydrogen-bond donors (Lipinski definition) is 4. The van der Waals surface area contributed by atoms with Crippen LogP contribution in [0.2, 0.25) is 0 Å². The van der Waals surface area contributed by atoms with Crippen LogP contribution < -0.4 is 16.0 Å². The van der Waals surface area contributed by atoms with E-state index in [4.69, 9.17) is 0 Å². The van der Waals surface area contributed by atoms with E-state index in [2.05, 4.69) is 25.9 Å². The molecule has 8 heteroatoms. The lowest BCUT2D eigenvalue weighted by atomic mass is 9.92. The first-order valence-electron chi connectivity index (χ1n) is 9.67. The van der Waals surface area contributed by atoms with Crippen LogP contribution in [0.4, 0.5) is 14.9 Å². The quantitative estimate of drug-likeness (QED) is 0.527. The Morgan fingerprint density at radius 1 is 1.17 bits per heavy atom. The number of fused-ring (bicyclic) bond motifs is 1. The van der Waals surface area contributed by atoms with Gasteiger partial charge in [0, 0.05) is 41.3 Å². The Balaban J connectivity index is 1.71. The first-order valence-corrected chi connectivity index (χ1v) is 9.67. The van der Waals surface area contributed by atoms with E-state index in [9.17, 15) is 14.0 Å². The van der Waals surface area contributed by atoms with Crippen molar-refractivity contribution in [2.75, 3.05) is 5.32 Å². The van der Waals surface area contributed by atoms with Gasteiger partial charge in [-0.1, -0.05) is 6.07 Å². The second-order valence-corrected chi connectivity index (χ2v) is 7.56. The molecule has 3 amide bonds. The number of carbonyl (C=O) groups excluding carboxylic acids is 2. The number of nitrogens with zero attached hydrogens (tertiary/aromatic N) is 1. The number of hydrogen-bond acceptors (Lipinski definition) is 3. The Morgan fingerprint density at radius 3 is 2.57 bits per heavy atom. The average Bonchev–Trinajstić information content (AvgIpc) is 3.27. The fourth-order valence-corrected chi connectivity index (χ4v) is 3.59. The van der Waals surface area contributed by atoms with Gasteiger partial charge in [0.05, 0.1) is 5.56 Å². The molecule has 4 rings (SSSR count). The van der Waals surface area contributed by atoms with E-state index in [0.29, 0.717) is 40.3 Å². The predicted molar refractivity (Wildman–Crippen MR) is 113 cm³/mol. The van der Waals surface area contributed by atoms with Crippen LogP contribution in [0, 0.1) is 12.7 Å². The summed E-state index contributed by atoms with van der Waals surface area (Å²) < 4.78 is 14.9. The molecule has 0 aliphatic carbocycles. The second kappa shape index (κ2) is 7.62. The zero-order valence-corrected chi connectivity index (χ0v) is 16.9. The molecule has 2 aromatic carbocycles. The number of imidazole rings is 1. The molecule has 0 radical (unpaired) electrons. The summed E-state index contributed by atoms with van der Waals surface area (Å²) in [5, 5.41) is 8.13. The molecule has 1 aliphatic rings. The van der Waals surface area contributed by atoms with Gasteiger partial charge in [-0.15, -0.1) is 0 Å². The fourth-order valence-electron chi connectivity index (χ4n) is 3.59. The molecule has 1 aromatic heterocycles. The molecule has 4 N–H and O–H groups in total. The molecule has 0 unspecified atom stereocenters. The number of aryl methyl sites for hydroxylation is 1. The highest BCUT2D eigenvalue weighted by Crippen LogP contribution is 2.36. The maximum Gasteiger partial charge on any atom is 0.319 e. The summed E-state index contributed by atoms with van der Waals surface area (Å²) >= 11 is 0. The Hall–Kier alpha value is -3.68. The Labute approximate surface area is 173 Å². The number of rotatable bonds is 4. The third-order valence-electron chi connectivity index (χ3n) is 4.86.